The zero-order chi connectivity index (χ0) is 17.1. The molecule has 6 heteroatoms. The van der Waals surface area contributed by atoms with Gasteiger partial charge >= 0.3 is 5.97 Å². The van der Waals surface area contributed by atoms with Gasteiger partial charge in [-0.25, -0.2) is 4.79 Å². The summed E-state index contributed by atoms with van der Waals surface area (Å²) in [5.41, 5.74) is 2.05. The smallest absolute Gasteiger partial charge is 0.344 e. The van der Waals surface area contributed by atoms with E-state index in [-0.39, 0.29) is 12.2 Å². The summed E-state index contributed by atoms with van der Waals surface area (Å²) >= 11 is 12.1. The van der Waals surface area contributed by atoms with Crippen LogP contribution in [0.3, 0.4) is 0 Å². The third-order valence-electron chi connectivity index (χ3n) is 3.45. The number of benzene rings is 2. The van der Waals surface area contributed by atoms with Gasteiger partial charge in [-0.2, -0.15) is 0 Å². The van der Waals surface area contributed by atoms with Crippen LogP contribution in [0.15, 0.2) is 53.1 Å². The number of esters is 1. The standard InChI is InChI=1S/C18H13Cl2NO3/c1-11-16(17(21-24-11)14-7-2-3-8-15(14)20)18(22)23-10-12-5-4-6-13(19)9-12/h2-9H,10H2,1H3. The van der Waals surface area contributed by atoms with Gasteiger partial charge in [0.2, 0.25) is 0 Å². The van der Waals surface area contributed by atoms with E-state index < -0.39 is 5.97 Å². The van der Waals surface area contributed by atoms with E-state index in [0.29, 0.717) is 27.1 Å². The minimum atomic E-state index is -0.524. The minimum Gasteiger partial charge on any atom is -0.457 e. The molecule has 0 aliphatic rings. The van der Waals surface area contributed by atoms with E-state index in [1.54, 1.807) is 43.3 Å². The lowest BCUT2D eigenvalue weighted by Gasteiger charge is -2.06. The van der Waals surface area contributed by atoms with Crippen molar-refractivity contribution in [2.45, 2.75) is 13.5 Å². The van der Waals surface area contributed by atoms with Gasteiger partial charge in [0.25, 0.3) is 0 Å². The number of aryl methyl sites for hydroxylation is 1. The maximum absolute atomic E-state index is 12.5. The molecule has 122 valence electrons. The molecule has 0 aliphatic carbocycles. The zero-order valence-electron chi connectivity index (χ0n) is 12.8. The maximum Gasteiger partial charge on any atom is 0.344 e. The Morgan fingerprint density at radius 2 is 1.96 bits per heavy atom. The highest BCUT2D eigenvalue weighted by Gasteiger charge is 2.24. The molecule has 0 amide bonds. The Balaban J connectivity index is 1.85. The van der Waals surface area contributed by atoms with Crippen molar-refractivity contribution in [1.82, 2.24) is 5.16 Å². The number of halogens is 2. The first-order valence-electron chi connectivity index (χ1n) is 7.19. The Morgan fingerprint density at radius 3 is 2.71 bits per heavy atom. The molecule has 24 heavy (non-hydrogen) atoms. The highest BCUT2D eigenvalue weighted by Crippen LogP contribution is 2.31. The fraction of sp³-hybridized carbons (Fsp3) is 0.111. The molecule has 3 rings (SSSR count). The lowest BCUT2D eigenvalue weighted by Crippen LogP contribution is -2.07. The van der Waals surface area contributed by atoms with Crippen molar-refractivity contribution in [3.8, 4) is 11.3 Å². The Labute approximate surface area is 148 Å². The van der Waals surface area contributed by atoms with Crippen molar-refractivity contribution in [3.63, 3.8) is 0 Å². The quantitative estimate of drug-likeness (QED) is 0.590. The largest absolute Gasteiger partial charge is 0.457 e. The monoisotopic (exact) mass is 361 g/mol. The molecule has 0 spiro atoms. The summed E-state index contributed by atoms with van der Waals surface area (Å²) in [6.45, 7) is 1.76. The van der Waals surface area contributed by atoms with Crippen LogP contribution >= 0.6 is 23.2 Å². The third kappa shape index (κ3) is 3.45. The van der Waals surface area contributed by atoms with Crippen molar-refractivity contribution in [2.75, 3.05) is 0 Å². The SMILES string of the molecule is Cc1onc(-c2ccccc2Cl)c1C(=O)OCc1cccc(Cl)c1. The summed E-state index contributed by atoms with van der Waals surface area (Å²) in [6, 6.07) is 14.2. The van der Waals surface area contributed by atoms with Gasteiger partial charge in [-0.3, -0.25) is 0 Å². The number of nitrogens with zero attached hydrogens (tertiary/aromatic N) is 1. The third-order valence-corrected chi connectivity index (χ3v) is 4.02. The summed E-state index contributed by atoms with van der Waals surface area (Å²) in [7, 11) is 0. The molecule has 2 aromatic carbocycles. The number of aromatic nitrogens is 1. The Bertz CT molecular complexity index is 889. The molecule has 0 aliphatic heterocycles. The fourth-order valence-electron chi connectivity index (χ4n) is 2.30. The van der Waals surface area contributed by atoms with Crippen molar-refractivity contribution in [3.05, 3.63) is 75.5 Å². The van der Waals surface area contributed by atoms with Crippen LogP contribution in [0.4, 0.5) is 0 Å². The highest BCUT2D eigenvalue weighted by atomic mass is 35.5. The van der Waals surface area contributed by atoms with Gasteiger partial charge in [-0.15, -0.1) is 0 Å². The van der Waals surface area contributed by atoms with E-state index in [1.165, 1.54) is 0 Å². The molecule has 1 heterocycles. The van der Waals surface area contributed by atoms with E-state index in [9.17, 15) is 4.79 Å². The number of ether oxygens (including phenoxy) is 1. The molecule has 0 radical (unpaired) electrons. The van der Waals surface area contributed by atoms with Crippen LogP contribution in [0.2, 0.25) is 10.0 Å². The van der Waals surface area contributed by atoms with Gasteiger partial charge < -0.3 is 9.26 Å². The molecular formula is C18H13Cl2NO3. The predicted octanol–water partition coefficient (Wildman–Crippen LogP) is 5.31. The number of rotatable bonds is 4. The molecule has 0 saturated carbocycles. The van der Waals surface area contributed by atoms with E-state index >= 15 is 0 Å². The fourth-order valence-corrected chi connectivity index (χ4v) is 2.74. The molecular weight excluding hydrogens is 349 g/mol. The van der Waals surface area contributed by atoms with Crippen LogP contribution in [-0.4, -0.2) is 11.1 Å². The first-order chi connectivity index (χ1) is 11.6. The van der Waals surface area contributed by atoms with Crippen molar-refractivity contribution >= 4 is 29.2 Å². The highest BCUT2D eigenvalue weighted by molar-refractivity contribution is 6.33. The van der Waals surface area contributed by atoms with E-state index in [4.69, 9.17) is 32.5 Å². The van der Waals surface area contributed by atoms with Crippen molar-refractivity contribution < 1.29 is 14.1 Å². The molecule has 0 unspecified atom stereocenters. The molecule has 1 aromatic heterocycles. The van der Waals surface area contributed by atoms with Crippen LogP contribution in [0.5, 0.6) is 0 Å². The lowest BCUT2D eigenvalue weighted by atomic mass is 10.1. The Morgan fingerprint density at radius 1 is 1.17 bits per heavy atom. The normalized spacial score (nSPS) is 10.6. The number of carbonyl (C=O) groups excluding carboxylic acids is 1. The van der Waals surface area contributed by atoms with Crippen LogP contribution in [0.25, 0.3) is 11.3 Å². The molecule has 4 nitrogen and oxygen atoms in total. The Hall–Kier alpha value is -2.30. The van der Waals surface area contributed by atoms with Gasteiger partial charge in [0, 0.05) is 10.6 Å². The molecule has 0 fully saturated rings. The van der Waals surface area contributed by atoms with Crippen molar-refractivity contribution in [2.24, 2.45) is 0 Å². The topological polar surface area (TPSA) is 52.3 Å². The van der Waals surface area contributed by atoms with E-state index in [1.807, 2.05) is 12.1 Å². The second-order valence-corrected chi connectivity index (χ2v) is 5.99. The van der Waals surface area contributed by atoms with Crippen LogP contribution < -0.4 is 0 Å². The van der Waals surface area contributed by atoms with Gasteiger partial charge in [0.1, 0.15) is 23.6 Å². The van der Waals surface area contributed by atoms with Crippen LogP contribution in [0.1, 0.15) is 21.7 Å². The first-order valence-corrected chi connectivity index (χ1v) is 7.94. The summed E-state index contributed by atoms with van der Waals surface area (Å²) in [6.07, 6.45) is 0. The maximum atomic E-state index is 12.5. The number of hydrogen-bond acceptors (Lipinski definition) is 4. The van der Waals surface area contributed by atoms with Gasteiger partial charge in [-0.05, 0) is 30.7 Å². The second-order valence-electron chi connectivity index (χ2n) is 5.15. The van der Waals surface area contributed by atoms with Crippen LogP contribution in [0, 0.1) is 6.92 Å². The summed E-state index contributed by atoms with van der Waals surface area (Å²) < 4.78 is 10.5. The summed E-state index contributed by atoms with van der Waals surface area (Å²) in [5, 5.41) is 5.02. The van der Waals surface area contributed by atoms with E-state index in [0.717, 1.165) is 5.56 Å². The molecule has 0 saturated heterocycles. The van der Waals surface area contributed by atoms with E-state index in [2.05, 4.69) is 5.16 Å². The van der Waals surface area contributed by atoms with Crippen LogP contribution in [-0.2, 0) is 11.3 Å². The molecule has 0 atom stereocenters. The van der Waals surface area contributed by atoms with Gasteiger partial charge in [0.15, 0.2) is 0 Å². The summed E-state index contributed by atoms with van der Waals surface area (Å²) in [5.74, 6) is -0.148. The number of carbonyl (C=O) groups is 1. The summed E-state index contributed by atoms with van der Waals surface area (Å²) in [4.78, 5) is 12.5. The van der Waals surface area contributed by atoms with Crippen molar-refractivity contribution in [1.29, 1.82) is 0 Å². The second kappa shape index (κ2) is 7.07. The van der Waals surface area contributed by atoms with Gasteiger partial charge in [-0.1, -0.05) is 58.7 Å². The van der Waals surface area contributed by atoms with Gasteiger partial charge in [0.05, 0.1) is 5.02 Å². The molecule has 0 bridgehead atoms. The predicted molar refractivity (Wildman–Crippen MR) is 92.3 cm³/mol. The average Bonchev–Trinajstić information content (AvgIpc) is 2.95. The number of hydrogen-bond donors (Lipinski definition) is 0. The minimum absolute atomic E-state index is 0.103. The average molecular weight is 362 g/mol. The lowest BCUT2D eigenvalue weighted by molar-refractivity contribution is 0.0471. The molecule has 3 aromatic rings. The Kier molecular flexibility index (Phi) is 4.88. The zero-order valence-corrected chi connectivity index (χ0v) is 14.3. The first kappa shape index (κ1) is 16.6. The molecule has 0 N–H and O–H groups in total.